The highest BCUT2D eigenvalue weighted by molar-refractivity contribution is 6.16. The van der Waals surface area contributed by atoms with Crippen molar-refractivity contribution in [2.24, 2.45) is 0 Å². The molecule has 23 heavy (non-hydrogen) atoms. The Morgan fingerprint density at radius 3 is 2.22 bits per heavy atom. The number of carbonyl (C=O) groups is 2. The summed E-state index contributed by atoms with van der Waals surface area (Å²) in [5.41, 5.74) is 1.07. The Morgan fingerprint density at radius 2 is 1.61 bits per heavy atom. The van der Waals surface area contributed by atoms with Gasteiger partial charge in [0.15, 0.2) is 0 Å². The van der Waals surface area contributed by atoms with E-state index in [-0.39, 0.29) is 6.61 Å². The maximum atomic E-state index is 12.5. The molecule has 2 rings (SSSR count). The van der Waals surface area contributed by atoms with E-state index in [0.29, 0.717) is 11.4 Å². The van der Waals surface area contributed by atoms with Crippen LogP contribution in [0.2, 0.25) is 0 Å². The van der Waals surface area contributed by atoms with Gasteiger partial charge in [-0.2, -0.15) is 4.90 Å². The number of amides is 3. The first-order valence-corrected chi connectivity index (χ1v) is 7.60. The van der Waals surface area contributed by atoms with Gasteiger partial charge in [-0.3, -0.25) is 0 Å². The predicted molar refractivity (Wildman–Crippen MR) is 90.6 cm³/mol. The third-order valence-corrected chi connectivity index (χ3v) is 3.15. The lowest BCUT2D eigenvalue weighted by Gasteiger charge is -2.21. The highest BCUT2D eigenvalue weighted by atomic mass is 16.6. The molecule has 0 spiro atoms. The average molecular weight is 312 g/mol. The fourth-order valence-electron chi connectivity index (χ4n) is 1.95. The van der Waals surface area contributed by atoms with Gasteiger partial charge >= 0.3 is 12.1 Å². The van der Waals surface area contributed by atoms with Gasteiger partial charge in [0.1, 0.15) is 0 Å². The first-order chi connectivity index (χ1) is 11.2. The molecular weight excluding hydrogens is 292 g/mol. The molecule has 0 aromatic heterocycles. The highest BCUT2D eigenvalue weighted by Crippen LogP contribution is 2.17. The van der Waals surface area contributed by atoms with E-state index in [2.05, 4.69) is 5.32 Å². The summed E-state index contributed by atoms with van der Waals surface area (Å²) in [5, 5.41) is 2.70. The Hall–Kier alpha value is -2.82. The van der Waals surface area contributed by atoms with Crippen molar-refractivity contribution in [3.63, 3.8) is 0 Å². The summed E-state index contributed by atoms with van der Waals surface area (Å²) in [6.45, 7) is 2.29. The van der Waals surface area contributed by atoms with Crippen molar-refractivity contribution >= 4 is 23.5 Å². The molecule has 120 valence electrons. The second-order valence-electron chi connectivity index (χ2n) is 4.94. The van der Waals surface area contributed by atoms with Gasteiger partial charge in [0.2, 0.25) is 0 Å². The Morgan fingerprint density at radius 1 is 1.00 bits per heavy atom. The molecule has 0 bridgehead atoms. The number of nitrogens with zero attached hydrogens (tertiary/aromatic N) is 1. The molecule has 0 aliphatic heterocycles. The van der Waals surface area contributed by atoms with Crippen LogP contribution >= 0.6 is 0 Å². The van der Waals surface area contributed by atoms with Crippen molar-refractivity contribution in [3.05, 3.63) is 60.7 Å². The number of hydrogen-bond donors (Lipinski definition) is 1. The third-order valence-electron chi connectivity index (χ3n) is 3.15. The van der Waals surface area contributed by atoms with Crippen molar-refractivity contribution in [2.45, 2.75) is 19.8 Å². The third kappa shape index (κ3) is 4.85. The van der Waals surface area contributed by atoms with Crippen molar-refractivity contribution in [3.8, 4) is 0 Å². The maximum Gasteiger partial charge on any atom is 0.422 e. The molecule has 0 aliphatic carbocycles. The molecular formula is C18H20N2O3. The molecule has 2 aromatic carbocycles. The fourth-order valence-corrected chi connectivity index (χ4v) is 1.95. The van der Waals surface area contributed by atoms with Gasteiger partial charge < -0.3 is 10.1 Å². The Balaban J connectivity index is 2.16. The van der Waals surface area contributed by atoms with Gasteiger partial charge in [-0.05, 0) is 30.7 Å². The quantitative estimate of drug-likeness (QED) is 0.817. The number of ether oxygens (including phenoxy) is 1. The van der Waals surface area contributed by atoms with Gasteiger partial charge in [0.05, 0.1) is 12.3 Å². The first-order valence-electron chi connectivity index (χ1n) is 7.60. The number of nitrogens with one attached hydrogen (secondary N) is 1. The molecule has 0 radical (unpaired) electrons. The van der Waals surface area contributed by atoms with Crippen LogP contribution in [0.1, 0.15) is 19.8 Å². The lowest BCUT2D eigenvalue weighted by atomic mass is 10.3. The van der Waals surface area contributed by atoms with E-state index < -0.39 is 12.1 Å². The summed E-state index contributed by atoms with van der Waals surface area (Å²) < 4.78 is 5.18. The van der Waals surface area contributed by atoms with E-state index in [9.17, 15) is 9.59 Å². The number of para-hydroxylation sites is 2. The Kier molecular flexibility index (Phi) is 6.17. The van der Waals surface area contributed by atoms with Crippen LogP contribution in [0.25, 0.3) is 0 Å². The van der Waals surface area contributed by atoms with Crippen LogP contribution in [-0.4, -0.2) is 18.7 Å². The van der Waals surface area contributed by atoms with Crippen LogP contribution in [0.4, 0.5) is 21.0 Å². The van der Waals surface area contributed by atoms with Crippen molar-refractivity contribution < 1.29 is 14.3 Å². The number of benzene rings is 2. The zero-order valence-electron chi connectivity index (χ0n) is 13.1. The van der Waals surface area contributed by atoms with Crippen LogP contribution in [0.5, 0.6) is 0 Å². The number of imide groups is 1. The van der Waals surface area contributed by atoms with E-state index in [1.807, 2.05) is 31.2 Å². The van der Waals surface area contributed by atoms with E-state index in [1.54, 1.807) is 36.4 Å². The van der Waals surface area contributed by atoms with E-state index in [4.69, 9.17) is 4.74 Å². The van der Waals surface area contributed by atoms with Crippen LogP contribution in [0.3, 0.4) is 0 Å². The Labute approximate surface area is 135 Å². The normalized spacial score (nSPS) is 9.96. The summed E-state index contributed by atoms with van der Waals surface area (Å²) in [6, 6.07) is 17.1. The molecule has 2 aromatic rings. The summed E-state index contributed by atoms with van der Waals surface area (Å²) >= 11 is 0. The molecule has 5 nitrogen and oxygen atoms in total. The minimum atomic E-state index is -0.682. The second-order valence-corrected chi connectivity index (χ2v) is 4.94. The van der Waals surface area contributed by atoms with Crippen LogP contribution in [0.15, 0.2) is 60.7 Å². The van der Waals surface area contributed by atoms with E-state index in [1.165, 1.54) is 0 Å². The topological polar surface area (TPSA) is 58.6 Å². The van der Waals surface area contributed by atoms with Gasteiger partial charge in [-0.15, -0.1) is 0 Å². The zero-order chi connectivity index (χ0) is 16.5. The predicted octanol–water partition coefficient (Wildman–Crippen LogP) is 4.66. The van der Waals surface area contributed by atoms with Gasteiger partial charge in [-0.1, -0.05) is 49.7 Å². The smallest absolute Gasteiger partial charge is 0.422 e. The number of carbonyl (C=O) groups excluding carboxylic acids is 2. The lowest BCUT2D eigenvalue weighted by Crippen LogP contribution is -2.40. The van der Waals surface area contributed by atoms with Gasteiger partial charge in [-0.25, -0.2) is 9.59 Å². The fraction of sp³-hybridized carbons (Fsp3) is 0.222. The van der Waals surface area contributed by atoms with Gasteiger partial charge in [0, 0.05) is 5.69 Å². The number of anilines is 2. The van der Waals surface area contributed by atoms with Crippen LogP contribution < -0.4 is 10.2 Å². The van der Waals surface area contributed by atoms with Crippen LogP contribution in [0, 0.1) is 0 Å². The summed E-state index contributed by atoms with van der Waals surface area (Å²) in [5.74, 6) is 0. The number of urea groups is 1. The molecule has 0 aliphatic rings. The first kappa shape index (κ1) is 16.5. The number of unbranched alkanes of at least 4 members (excludes halogenated alkanes) is 1. The summed E-state index contributed by atoms with van der Waals surface area (Å²) in [7, 11) is 0. The maximum absolute atomic E-state index is 12.5. The van der Waals surface area contributed by atoms with E-state index in [0.717, 1.165) is 17.7 Å². The summed E-state index contributed by atoms with van der Waals surface area (Å²) in [4.78, 5) is 25.8. The molecule has 5 heteroatoms. The molecule has 0 saturated carbocycles. The molecule has 0 atom stereocenters. The average Bonchev–Trinajstić information content (AvgIpc) is 2.57. The van der Waals surface area contributed by atoms with Crippen LogP contribution in [-0.2, 0) is 4.74 Å². The number of hydrogen-bond acceptors (Lipinski definition) is 3. The molecule has 0 fully saturated rings. The minimum Gasteiger partial charge on any atom is -0.449 e. The zero-order valence-corrected chi connectivity index (χ0v) is 13.1. The Bertz CT molecular complexity index is 629. The standard InChI is InChI=1S/C18H20N2O3/c1-2-3-14-23-18(22)20(16-12-8-5-9-13-16)17(21)19-15-10-6-4-7-11-15/h4-13H,2-3,14H2,1H3,(H,19,21). The van der Waals surface area contributed by atoms with E-state index >= 15 is 0 Å². The van der Waals surface area contributed by atoms with Crippen molar-refractivity contribution in [1.82, 2.24) is 0 Å². The monoisotopic (exact) mass is 312 g/mol. The molecule has 1 N–H and O–H groups in total. The highest BCUT2D eigenvalue weighted by Gasteiger charge is 2.24. The minimum absolute atomic E-state index is 0.289. The number of rotatable bonds is 5. The largest absolute Gasteiger partial charge is 0.449 e. The van der Waals surface area contributed by atoms with Crippen molar-refractivity contribution in [1.29, 1.82) is 0 Å². The van der Waals surface area contributed by atoms with Gasteiger partial charge in [0.25, 0.3) is 0 Å². The van der Waals surface area contributed by atoms with Crippen molar-refractivity contribution in [2.75, 3.05) is 16.8 Å². The molecule has 0 unspecified atom stereocenters. The summed E-state index contributed by atoms with van der Waals surface area (Å²) in [6.07, 6.45) is 0.988. The lowest BCUT2D eigenvalue weighted by molar-refractivity contribution is 0.153. The second kappa shape index (κ2) is 8.58. The molecule has 0 saturated heterocycles. The molecule has 3 amide bonds. The molecule has 0 heterocycles. The SMILES string of the molecule is CCCCOC(=O)N(C(=O)Nc1ccccc1)c1ccccc1.